The molecule has 4 nitrogen and oxygen atoms in total. The van der Waals surface area contributed by atoms with Crippen molar-refractivity contribution >= 4 is 30.2 Å². The molecule has 2 aromatic carbocycles. The third-order valence-electron chi connectivity index (χ3n) is 3.72. The second-order valence-electron chi connectivity index (χ2n) is 5.67. The number of amides is 1. The first-order valence-corrected chi connectivity index (χ1v) is 7.92. The van der Waals surface area contributed by atoms with Crippen molar-refractivity contribution in [3.8, 4) is 0 Å². The molecule has 27 heavy (non-hydrogen) atoms. The molecule has 0 aliphatic carbocycles. The minimum Gasteiger partial charge on any atom is -0.301 e. The number of hydrogen-bond acceptors (Lipinski definition) is 3. The Balaban J connectivity index is 1.93. The molecule has 3 rings (SSSR count). The highest BCUT2D eigenvalue weighted by atomic mass is 19.1. The van der Waals surface area contributed by atoms with Crippen LogP contribution in [0.4, 0.5) is 13.2 Å². The zero-order chi connectivity index (χ0) is 19.4. The number of halogens is 3. The molecule has 0 unspecified atom stereocenters. The largest absolute Gasteiger partial charge is 0.301 e. The zero-order valence-corrected chi connectivity index (χ0v) is 13.9. The van der Waals surface area contributed by atoms with Crippen LogP contribution >= 0.6 is 0 Å². The molecule has 1 aliphatic rings. The SMILES string of the molecule is O=CCN1C(=O)/C(=C/c2cc(F)cc(F)c2)N=C1/C=C/c1ccc(F)cc1. The molecule has 0 saturated heterocycles. The van der Waals surface area contributed by atoms with Crippen LogP contribution in [0.25, 0.3) is 12.2 Å². The van der Waals surface area contributed by atoms with Gasteiger partial charge in [-0.1, -0.05) is 18.2 Å². The second kappa shape index (κ2) is 7.82. The van der Waals surface area contributed by atoms with E-state index in [9.17, 15) is 22.8 Å². The Labute approximate surface area is 152 Å². The Hall–Kier alpha value is -3.48. The number of nitrogens with zero attached hydrogens (tertiary/aromatic N) is 2. The van der Waals surface area contributed by atoms with Crippen molar-refractivity contribution < 1.29 is 22.8 Å². The maximum atomic E-state index is 13.3. The summed E-state index contributed by atoms with van der Waals surface area (Å²) in [5.41, 5.74) is 0.747. The Morgan fingerprint density at radius 2 is 1.56 bits per heavy atom. The smallest absolute Gasteiger partial charge is 0.278 e. The first-order valence-electron chi connectivity index (χ1n) is 7.92. The predicted molar refractivity (Wildman–Crippen MR) is 95.0 cm³/mol. The monoisotopic (exact) mass is 370 g/mol. The van der Waals surface area contributed by atoms with Crippen molar-refractivity contribution in [3.05, 3.63) is 82.8 Å². The van der Waals surface area contributed by atoms with Gasteiger partial charge in [-0.15, -0.1) is 0 Å². The molecular weight excluding hydrogens is 357 g/mol. The number of rotatable bonds is 5. The van der Waals surface area contributed by atoms with Crippen LogP contribution in [0.1, 0.15) is 11.1 Å². The molecule has 1 amide bonds. The van der Waals surface area contributed by atoms with E-state index in [0.29, 0.717) is 11.8 Å². The van der Waals surface area contributed by atoms with Crippen LogP contribution in [0.15, 0.2) is 59.2 Å². The molecular formula is C20H13F3N2O2. The lowest BCUT2D eigenvalue weighted by atomic mass is 10.2. The van der Waals surface area contributed by atoms with Crippen molar-refractivity contribution in [2.24, 2.45) is 4.99 Å². The summed E-state index contributed by atoms with van der Waals surface area (Å²) >= 11 is 0. The first kappa shape index (κ1) is 18.3. The van der Waals surface area contributed by atoms with Crippen molar-refractivity contribution in [2.75, 3.05) is 6.54 Å². The van der Waals surface area contributed by atoms with Gasteiger partial charge in [-0.3, -0.25) is 9.69 Å². The highest BCUT2D eigenvalue weighted by Crippen LogP contribution is 2.20. The van der Waals surface area contributed by atoms with Crippen molar-refractivity contribution in [1.82, 2.24) is 4.90 Å². The predicted octanol–water partition coefficient (Wildman–Crippen LogP) is 3.60. The maximum absolute atomic E-state index is 13.3. The van der Waals surface area contributed by atoms with E-state index in [1.807, 2.05) is 0 Å². The molecule has 0 spiro atoms. The van der Waals surface area contributed by atoms with Gasteiger partial charge >= 0.3 is 0 Å². The summed E-state index contributed by atoms with van der Waals surface area (Å²) in [7, 11) is 0. The highest BCUT2D eigenvalue weighted by molar-refractivity contribution is 6.19. The lowest BCUT2D eigenvalue weighted by Crippen LogP contribution is -2.32. The lowest BCUT2D eigenvalue weighted by Gasteiger charge is -2.11. The number of benzene rings is 2. The molecule has 7 heteroatoms. The molecule has 0 atom stereocenters. The fraction of sp³-hybridized carbons (Fsp3) is 0.0500. The highest BCUT2D eigenvalue weighted by Gasteiger charge is 2.28. The minimum absolute atomic E-state index is 0.0550. The first-order chi connectivity index (χ1) is 13.0. The number of carbonyl (C=O) groups is 2. The van der Waals surface area contributed by atoms with Gasteiger partial charge in [0.2, 0.25) is 0 Å². The van der Waals surface area contributed by atoms with E-state index in [1.165, 1.54) is 24.3 Å². The van der Waals surface area contributed by atoms with E-state index >= 15 is 0 Å². The van der Waals surface area contributed by atoms with Gasteiger partial charge in [0.15, 0.2) is 0 Å². The van der Waals surface area contributed by atoms with Crippen LogP contribution in [0.5, 0.6) is 0 Å². The average molecular weight is 370 g/mol. The van der Waals surface area contributed by atoms with Crippen LogP contribution in [0.3, 0.4) is 0 Å². The summed E-state index contributed by atoms with van der Waals surface area (Å²) in [6.07, 6.45) is 4.89. The fourth-order valence-electron chi connectivity index (χ4n) is 2.51. The lowest BCUT2D eigenvalue weighted by molar-refractivity contribution is -0.124. The topological polar surface area (TPSA) is 49.7 Å². The molecule has 2 aromatic rings. The Morgan fingerprint density at radius 3 is 2.19 bits per heavy atom. The van der Waals surface area contributed by atoms with Crippen molar-refractivity contribution in [2.45, 2.75) is 0 Å². The van der Waals surface area contributed by atoms with Crippen LogP contribution in [0, 0.1) is 17.5 Å². The van der Waals surface area contributed by atoms with E-state index in [4.69, 9.17) is 0 Å². The summed E-state index contributed by atoms with van der Waals surface area (Å²) < 4.78 is 39.6. The summed E-state index contributed by atoms with van der Waals surface area (Å²) in [5.74, 6) is -2.31. The average Bonchev–Trinajstić information content (AvgIpc) is 2.90. The summed E-state index contributed by atoms with van der Waals surface area (Å²) in [6.45, 7) is -0.222. The van der Waals surface area contributed by atoms with Gasteiger partial charge in [-0.25, -0.2) is 18.2 Å². The second-order valence-corrected chi connectivity index (χ2v) is 5.67. The summed E-state index contributed by atoms with van der Waals surface area (Å²) in [6, 6.07) is 8.50. The molecule has 1 aliphatic heterocycles. The number of aldehydes is 1. The van der Waals surface area contributed by atoms with Crippen molar-refractivity contribution in [1.29, 1.82) is 0 Å². The third kappa shape index (κ3) is 4.38. The fourth-order valence-corrected chi connectivity index (χ4v) is 2.51. The molecule has 0 saturated carbocycles. The van der Waals surface area contributed by atoms with E-state index in [0.717, 1.165) is 23.1 Å². The number of aliphatic imine (C=N–C) groups is 1. The summed E-state index contributed by atoms with van der Waals surface area (Å²) in [5, 5.41) is 0. The number of carbonyl (C=O) groups excluding carboxylic acids is 2. The van der Waals surface area contributed by atoms with Crippen LogP contribution in [-0.4, -0.2) is 29.5 Å². The molecule has 0 bridgehead atoms. The van der Waals surface area contributed by atoms with Crippen molar-refractivity contribution in [3.63, 3.8) is 0 Å². The van der Waals surface area contributed by atoms with Gasteiger partial charge in [0, 0.05) is 6.07 Å². The van der Waals surface area contributed by atoms with E-state index < -0.39 is 17.5 Å². The van der Waals surface area contributed by atoms with Gasteiger partial charge in [0.05, 0.1) is 6.54 Å². The zero-order valence-electron chi connectivity index (χ0n) is 13.9. The minimum atomic E-state index is -0.780. The quantitative estimate of drug-likeness (QED) is 0.597. The van der Waals surface area contributed by atoms with Gasteiger partial charge < -0.3 is 4.79 Å². The molecule has 0 fully saturated rings. The summed E-state index contributed by atoms with van der Waals surface area (Å²) in [4.78, 5) is 28.6. The Kier molecular flexibility index (Phi) is 5.30. The van der Waals surface area contributed by atoms with E-state index in [1.54, 1.807) is 18.2 Å². The molecule has 0 aromatic heterocycles. The van der Waals surface area contributed by atoms with Gasteiger partial charge in [0.1, 0.15) is 35.3 Å². The third-order valence-corrected chi connectivity index (χ3v) is 3.72. The van der Waals surface area contributed by atoms with Crippen LogP contribution < -0.4 is 0 Å². The maximum Gasteiger partial charge on any atom is 0.278 e. The van der Waals surface area contributed by atoms with Crippen LogP contribution in [0.2, 0.25) is 0 Å². The standard InChI is InChI=1S/C20H13F3N2O2/c21-15-4-1-13(2-5-15)3-6-19-24-18(20(27)25(19)7-8-26)11-14-9-16(22)12-17(23)10-14/h1-6,8-12H,7H2/b6-3+,18-11-. The normalized spacial score (nSPS) is 15.7. The molecule has 0 N–H and O–H groups in total. The number of amidine groups is 1. The van der Waals surface area contributed by atoms with Gasteiger partial charge in [-0.2, -0.15) is 0 Å². The Morgan fingerprint density at radius 1 is 0.889 bits per heavy atom. The molecule has 1 heterocycles. The number of hydrogen-bond donors (Lipinski definition) is 0. The van der Waals surface area contributed by atoms with E-state index in [2.05, 4.69) is 4.99 Å². The Bertz CT molecular complexity index is 959. The van der Waals surface area contributed by atoms with Crippen LogP contribution in [-0.2, 0) is 9.59 Å². The molecule has 0 radical (unpaired) electrons. The van der Waals surface area contributed by atoms with E-state index in [-0.39, 0.29) is 29.5 Å². The van der Waals surface area contributed by atoms with Gasteiger partial charge in [0.25, 0.3) is 5.91 Å². The van der Waals surface area contributed by atoms with Gasteiger partial charge in [-0.05, 0) is 47.5 Å². The molecule has 136 valence electrons.